The molecule has 4 heterocycles. The second-order valence-corrected chi connectivity index (χ2v) is 19.7. The maximum atomic E-state index is 5.33. The monoisotopic (exact) mass is 932 g/mol. The number of aromatic nitrogens is 6. The van der Waals surface area contributed by atoms with Crippen LogP contribution in [0.4, 0.5) is 0 Å². The van der Waals surface area contributed by atoms with Crippen LogP contribution in [0.2, 0.25) is 0 Å². The Labute approximate surface area is 419 Å². The summed E-state index contributed by atoms with van der Waals surface area (Å²) in [5.41, 5.74) is 17.5. The summed E-state index contributed by atoms with van der Waals surface area (Å²) in [5.74, 6) is 0. The molecule has 0 bridgehead atoms. The minimum atomic E-state index is 0.872. The molecule has 0 atom stereocenters. The van der Waals surface area contributed by atoms with Crippen LogP contribution in [0.25, 0.3) is 132 Å². The van der Waals surface area contributed by atoms with Gasteiger partial charge in [-0.1, -0.05) is 174 Å². The lowest BCUT2D eigenvalue weighted by Crippen LogP contribution is -2.02. The molecule has 6 heteroatoms. The van der Waals surface area contributed by atoms with Crippen molar-refractivity contribution in [1.29, 1.82) is 0 Å². The highest BCUT2D eigenvalue weighted by atomic mass is 15.0. The Hall–Kier alpha value is -8.22. The van der Waals surface area contributed by atoms with Crippen LogP contribution in [-0.4, -0.2) is 29.1 Å². The van der Waals surface area contributed by atoms with Gasteiger partial charge in [-0.25, -0.2) is 9.97 Å². The number of hydrogen-bond acceptors (Lipinski definition) is 4. The number of unbranched alkanes of at least 4 members (excludes halogenated alkanes) is 6. The highest BCUT2D eigenvalue weighted by molar-refractivity contribution is 6.33. The average molecular weight is 933 g/mol. The topological polar surface area (TPSA) is 61.4 Å². The van der Waals surface area contributed by atoms with Gasteiger partial charge in [-0.3, -0.25) is 9.97 Å². The third kappa shape index (κ3) is 7.56. The van der Waals surface area contributed by atoms with Crippen molar-refractivity contribution in [2.24, 2.45) is 0 Å². The van der Waals surface area contributed by atoms with E-state index in [-0.39, 0.29) is 0 Å². The maximum absolute atomic E-state index is 5.33. The van der Waals surface area contributed by atoms with Crippen LogP contribution in [-0.2, 0) is 13.1 Å². The molecule has 4 aromatic heterocycles. The molecular weight excluding hydrogens is 877 g/mol. The first-order valence-electron chi connectivity index (χ1n) is 26.1. The average Bonchev–Trinajstić information content (AvgIpc) is 3.92. The van der Waals surface area contributed by atoms with Crippen LogP contribution in [0.5, 0.6) is 0 Å². The molecule has 9 aromatic carbocycles. The first-order valence-corrected chi connectivity index (χ1v) is 26.1. The summed E-state index contributed by atoms with van der Waals surface area (Å²) in [7, 11) is 0. The Bertz CT molecular complexity index is 3910. The largest absolute Gasteiger partial charge is 0.340 e. The van der Waals surface area contributed by atoms with Gasteiger partial charge in [0.2, 0.25) is 0 Å². The number of fused-ring (bicyclic) bond motifs is 10. The Morgan fingerprint density at radius 2 is 0.750 bits per heavy atom. The van der Waals surface area contributed by atoms with Gasteiger partial charge in [0, 0.05) is 67.9 Å². The number of nitrogens with zero attached hydrogens (tertiary/aromatic N) is 6. The molecule has 6 nitrogen and oxygen atoms in total. The van der Waals surface area contributed by atoms with Gasteiger partial charge in [-0.05, 0) is 94.0 Å². The molecule has 0 radical (unpaired) electrons. The molecule has 0 aliphatic heterocycles. The number of rotatable bonds is 14. The van der Waals surface area contributed by atoms with Crippen molar-refractivity contribution in [2.75, 3.05) is 0 Å². The molecule has 0 saturated heterocycles. The molecule has 0 spiro atoms. The summed E-state index contributed by atoms with van der Waals surface area (Å²) in [6.07, 6.45) is 13.2. The fraction of sp³-hybridized carbons (Fsp3) is 0.182. The SMILES string of the molecule is CCCCCCn1c2ccc(-c3cnc4cc5ccccc5cc4n3)cc2c2c(-c3ccccc3)c3c(c(-c4ccccc4)c21)c1cc(-c2cnc4cc5ccccc5cc4n2)ccc1n3CCCCCC. The second kappa shape index (κ2) is 18.5. The van der Waals surface area contributed by atoms with Gasteiger partial charge in [0.15, 0.2) is 0 Å². The maximum Gasteiger partial charge on any atom is 0.0900 e. The van der Waals surface area contributed by atoms with E-state index in [0.717, 1.165) is 70.5 Å². The van der Waals surface area contributed by atoms with Gasteiger partial charge in [-0.15, -0.1) is 0 Å². The Balaban J connectivity index is 1.15. The van der Waals surface area contributed by atoms with Crippen LogP contribution >= 0.6 is 0 Å². The van der Waals surface area contributed by atoms with Gasteiger partial charge in [-0.2, -0.15) is 0 Å². The van der Waals surface area contributed by atoms with E-state index in [4.69, 9.17) is 19.9 Å². The predicted molar refractivity (Wildman–Crippen MR) is 304 cm³/mol. The third-order valence-corrected chi connectivity index (χ3v) is 15.1. The van der Waals surface area contributed by atoms with E-state index in [1.807, 2.05) is 12.4 Å². The van der Waals surface area contributed by atoms with Crippen LogP contribution in [0.3, 0.4) is 0 Å². The quantitative estimate of drug-likeness (QED) is 0.0805. The standard InChI is InChI=1S/C66H56N6/c1-3-5-7-19-33-71-59-31-29-49(57-41-67-53-37-45-25-15-17-27-47(45)39-55(53)69-57)35-51(59)63-62(44-23-13-10-14-24-44)66-64(61(65(63)71)43-21-11-9-12-22-43)52-36-50(30-32-60(52)72(66)34-20-8-6-4-2)58-42-68-54-38-46-26-16-18-28-48(46)40-56(54)70-58/h9-18,21-32,35-42H,3-8,19-20,33-34H2,1-2H3. The summed E-state index contributed by atoms with van der Waals surface area (Å²) < 4.78 is 5.34. The fourth-order valence-corrected chi connectivity index (χ4v) is 11.6. The molecule has 72 heavy (non-hydrogen) atoms. The van der Waals surface area contributed by atoms with Crippen LogP contribution in [0.15, 0.2) is 182 Å². The van der Waals surface area contributed by atoms with Crippen molar-refractivity contribution >= 4 is 87.2 Å². The van der Waals surface area contributed by atoms with Crippen LogP contribution in [0.1, 0.15) is 65.2 Å². The lowest BCUT2D eigenvalue weighted by Gasteiger charge is -2.18. The Morgan fingerprint density at radius 1 is 0.361 bits per heavy atom. The second-order valence-electron chi connectivity index (χ2n) is 19.7. The normalized spacial score (nSPS) is 12.0. The third-order valence-electron chi connectivity index (χ3n) is 15.1. The number of hydrogen-bond donors (Lipinski definition) is 0. The molecule has 0 unspecified atom stereocenters. The summed E-state index contributed by atoms with van der Waals surface area (Å²) in [6.45, 7) is 6.41. The molecule has 0 amide bonds. The summed E-state index contributed by atoms with van der Waals surface area (Å²) in [4.78, 5) is 20.7. The summed E-state index contributed by atoms with van der Waals surface area (Å²) in [5, 5.41) is 9.71. The zero-order chi connectivity index (χ0) is 48.1. The minimum absolute atomic E-state index is 0.872. The highest BCUT2D eigenvalue weighted by Gasteiger charge is 2.29. The van der Waals surface area contributed by atoms with Gasteiger partial charge in [0.05, 0.1) is 56.9 Å². The molecule has 0 fully saturated rings. The van der Waals surface area contributed by atoms with Gasteiger partial charge >= 0.3 is 0 Å². The van der Waals surface area contributed by atoms with Crippen molar-refractivity contribution in [3.8, 4) is 44.8 Å². The highest BCUT2D eigenvalue weighted by Crippen LogP contribution is 2.51. The molecule has 0 saturated carbocycles. The molecule has 13 aromatic rings. The van der Waals surface area contributed by atoms with E-state index >= 15 is 0 Å². The summed E-state index contributed by atoms with van der Waals surface area (Å²) in [6, 6.07) is 62.1. The molecule has 0 aliphatic carbocycles. The number of benzene rings is 9. The Morgan fingerprint density at radius 3 is 1.15 bits per heavy atom. The van der Waals surface area contributed by atoms with E-state index in [1.54, 1.807) is 0 Å². The van der Waals surface area contributed by atoms with Gasteiger partial charge in [0.1, 0.15) is 0 Å². The van der Waals surface area contributed by atoms with E-state index in [2.05, 4.69) is 193 Å². The zero-order valence-corrected chi connectivity index (χ0v) is 41.1. The van der Waals surface area contributed by atoms with Crippen molar-refractivity contribution in [3.05, 3.63) is 182 Å². The van der Waals surface area contributed by atoms with Crippen molar-refractivity contribution in [1.82, 2.24) is 29.1 Å². The first kappa shape index (κ1) is 43.8. The number of aryl methyl sites for hydroxylation is 2. The molecule has 13 rings (SSSR count). The molecule has 0 N–H and O–H groups in total. The van der Waals surface area contributed by atoms with E-state index in [0.29, 0.717) is 0 Å². The van der Waals surface area contributed by atoms with Crippen molar-refractivity contribution in [3.63, 3.8) is 0 Å². The smallest absolute Gasteiger partial charge is 0.0900 e. The summed E-state index contributed by atoms with van der Waals surface area (Å²) >= 11 is 0. The van der Waals surface area contributed by atoms with E-state index in [9.17, 15) is 0 Å². The zero-order valence-electron chi connectivity index (χ0n) is 41.1. The molecule has 350 valence electrons. The fourth-order valence-electron chi connectivity index (χ4n) is 11.6. The van der Waals surface area contributed by atoms with Crippen LogP contribution < -0.4 is 0 Å². The lowest BCUT2D eigenvalue weighted by atomic mass is 9.89. The first-order chi connectivity index (χ1) is 35.6. The van der Waals surface area contributed by atoms with Crippen molar-refractivity contribution < 1.29 is 0 Å². The lowest BCUT2D eigenvalue weighted by molar-refractivity contribution is 0.602. The van der Waals surface area contributed by atoms with Gasteiger partial charge in [0.25, 0.3) is 0 Å². The molecule has 0 aliphatic rings. The van der Waals surface area contributed by atoms with E-state index < -0.39 is 0 Å². The van der Waals surface area contributed by atoms with Crippen LogP contribution in [0, 0.1) is 0 Å². The predicted octanol–water partition coefficient (Wildman–Crippen LogP) is 17.9. The molecular formula is C66H56N6. The Kier molecular flexibility index (Phi) is 11.3. The minimum Gasteiger partial charge on any atom is -0.340 e. The van der Waals surface area contributed by atoms with E-state index in [1.165, 1.54) is 126 Å². The van der Waals surface area contributed by atoms with Gasteiger partial charge < -0.3 is 9.13 Å². The van der Waals surface area contributed by atoms with Crippen molar-refractivity contribution in [2.45, 2.75) is 78.3 Å².